The minimum Gasteiger partial charge on any atom is -0.492 e. The molecule has 204 valence electrons. The van der Waals surface area contributed by atoms with Gasteiger partial charge >= 0.3 is 5.97 Å². The van der Waals surface area contributed by atoms with Crippen LogP contribution >= 0.6 is 11.6 Å². The van der Waals surface area contributed by atoms with Crippen molar-refractivity contribution in [2.75, 3.05) is 25.5 Å². The third-order valence-corrected chi connectivity index (χ3v) is 7.56. The van der Waals surface area contributed by atoms with Crippen molar-refractivity contribution < 1.29 is 36.8 Å². The van der Waals surface area contributed by atoms with Gasteiger partial charge in [0.25, 0.3) is 10.1 Å². The molecular weight excluding hydrogens is 534 g/mol. The van der Waals surface area contributed by atoms with E-state index in [0.717, 1.165) is 18.4 Å². The minimum atomic E-state index is -4.10. The second-order valence-corrected chi connectivity index (χ2v) is 11.3. The predicted molar refractivity (Wildman–Crippen MR) is 140 cm³/mol. The number of hydrogen-bond acceptors (Lipinski definition) is 7. The van der Waals surface area contributed by atoms with E-state index >= 15 is 0 Å². The Balaban J connectivity index is 1.49. The fourth-order valence-corrected chi connectivity index (χ4v) is 5.07. The van der Waals surface area contributed by atoms with E-state index in [4.69, 9.17) is 30.4 Å². The number of benzene rings is 2. The molecule has 0 saturated carbocycles. The summed E-state index contributed by atoms with van der Waals surface area (Å²) in [7, 11) is -4.10. The summed E-state index contributed by atoms with van der Waals surface area (Å²) < 4.78 is 47.2. The van der Waals surface area contributed by atoms with Gasteiger partial charge in [-0.25, -0.2) is 4.79 Å². The molecule has 9 nitrogen and oxygen atoms in total. The van der Waals surface area contributed by atoms with Crippen molar-refractivity contribution in [3.63, 3.8) is 0 Å². The third kappa shape index (κ3) is 7.35. The molecule has 0 bridgehead atoms. The van der Waals surface area contributed by atoms with E-state index < -0.39 is 27.8 Å². The average molecular weight is 564 g/mol. The van der Waals surface area contributed by atoms with Crippen LogP contribution in [0.15, 0.2) is 59.8 Å². The topological polar surface area (TPSA) is 119 Å². The summed E-state index contributed by atoms with van der Waals surface area (Å²) in [5, 5.41) is 0.561. The zero-order valence-corrected chi connectivity index (χ0v) is 22.5. The van der Waals surface area contributed by atoms with Crippen LogP contribution in [-0.2, 0) is 35.8 Å². The second kappa shape index (κ2) is 12.3. The van der Waals surface area contributed by atoms with Gasteiger partial charge in [0, 0.05) is 29.7 Å². The molecule has 2 atom stereocenters. The lowest BCUT2D eigenvalue weighted by atomic mass is 9.83. The lowest BCUT2D eigenvalue weighted by Crippen LogP contribution is -2.42. The Morgan fingerprint density at radius 2 is 1.87 bits per heavy atom. The first kappa shape index (κ1) is 28.1. The van der Waals surface area contributed by atoms with E-state index in [1.807, 2.05) is 12.1 Å². The van der Waals surface area contributed by atoms with Crippen LogP contribution in [0.3, 0.4) is 0 Å². The molecule has 2 aliphatic rings. The van der Waals surface area contributed by atoms with Crippen molar-refractivity contribution in [2.45, 2.75) is 44.8 Å². The quantitative estimate of drug-likeness (QED) is 0.339. The molecule has 11 heteroatoms. The lowest BCUT2D eigenvalue weighted by Gasteiger charge is -2.35. The number of hydrogen-bond donors (Lipinski definition) is 1. The highest BCUT2D eigenvalue weighted by Gasteiger charge is 2.38. The summed E-state index contributed by atoms with van der Waals surface area (Å²) in [6, 6.07) is 13.7. The summed E-state index contributed by atoms with van der Waals surface area (Å²) >= 11 is 6.06. The molecule has 1 fully saturated rings. The Morgan fingerprint density at radius 1 is 1.16 bits per heavy atom. The number of nitrogens with zero attached hydrogens (tertiary/aromatic N) is 1. The maximum Gasteiger partial charge on any atom is 0.336 e. The van der Waals surface area contributed by atoms with Gasteiger partial charge in [0.1, 0.15) is 24.7 Å². The molecule has 2 heterocycles. The van der Waals surface area contributed by atoms with Gasteiger partial charge in [0.2, 0.25) is 5.91 Å². The van der Waals surface area contributed by atoms with Crippen molar-refractivity contribution in [1.29, 1.82) is 0 Å². The minimum absolute atomic E-state index is 0.00602. The molecular formula is C27H30ClNO8S. The van der Waals surface area contributed by atoms with Crippen LogP contribution in [0.1, 0.15) is 43.2 Å². The highest BCUT2D eigenvalue weighted by Crippen LogP contribution is 2.38. The van der Waals surface area contributed by atoms with Crippen LogP contribution in [0.4, 0.5) is 0 Å². The number of allylic oxidation sites excluding steroid dienone is 1. The molecule has 2 aliphatic heterocycles. The zero-order chi connectivity index (χ0) is 27.3. The van der Waals surface area contributed by atoms with E-state index in [1.54, 1.807) is 48.2 Å². The third-order valence-electron chi connectivity index (χ3n) is 6.63. The molecule has 2 unspecified atom stereocenters. The van der Waals surface area contributed by atoms with E-state index in [0.29, 0.717) is 40.8 Å². The molecule has 1 saturated heterocycles. The summed E-state index contributed by atoms with van der Waals surface area (Å²) in [5.41, 5.74) is 2.49. The average Bonchev–Trinajstić information content (AvgIpc) is 3.39. The van der Waals surface area contributed by atoms with Crippen LogP contribution in [0, 0.1) is 0 Å². The van der Waals surface area contributed by atoms with Crippen LogP contribution in [0.25, 0.3) is 0 Å². The van der Waals surface area contributed by atoms with E-state index in [9.17, 15) is 18.0 Å². The van der Waals surface area contributed by atoms with Crippen molar-refractivity contribution in [2.24, 2.45) is 0 Å². The van der Waals surface area contributed by atoms with Gasteiger partial charge in [-0.05, 0) is 55.2 Å². The zero-order valence-electron chi connectivity index (χ0n) is 21.0. The fraction of sp³-hybridized carbons (Fsp3) is 0.407. The number of ether oxygens (including phenoxy) is 3. The first-order valence-electron chi connectivity index (χ1n) is 12.3. The standard InChI is InChI=1S/C27H30ClNO8S/c1-18-26(27(31)37-17-19-4-10-22(11-5-19)36-13-14-38(32,33)34)24(20-6-8-21(28)9-7-20)15-25(30)29(18)16-23-3-2-12-35-23/h4-11,23-24H,2-3,12-17H2,1H3,(H,32,33,34). The first-order chi connectivity index (χ1) is 18.1. The largest absolute Gasteiger partial charge is 0.492 e. The summed E-state index contributed by atoms with van der Waals surface area (Å²) in [6.07, 6.45) is 1.89. The molecule has 0 spiro atoms. The molecule has 0 aliphatic carbocycles. The van der Waals surface area contributed by atoms with Crippen molar-refractivity contribution in [3.05, 3.63) is 76.0 Å². The number of esters is 1. The first-order valence-corrected chi connectivity index (χ1v) is 14.3. The molecule has 4 rings (SSSR count). The number of rotatable bonds is 10. The number of halogens is 1. The van der Waals surface area contributed by atoms with E-state index in [-0.39, 0.29) is 31.6 Å². The molecule has 0 aromatic heterocycles. The predicted octanol–water partition coefficient (Wildman–Crippen LogP) is 4.12. The van der Waals surface area contributed by atoms with Crippen molar-refractivity contribution in [3.8, 4) is 5.75 Å². The van der Waals surface area contributed by atoms with Gasteiger partial charge in [-0.3, -0.25) is 9.35 Å². The maximum absolute atomic E-state index is 13.4. The molecule has 2 aromatic rings. The number of carbonyl (C=O) groups excluding carboxylic acids is 2. The molecule has 1 amide bonds. The van der Waals surface area contributed by atoms with Crippen LogP contribution < -0.4 is 4.74 Å². The Morgan fingerprint density at radius 3 is 2.50 bits per heavy atom. The Hall–Kier alpha value is -2.92. The van der Waals surface area contributed by atoms with Gasteiger partial charge in [-0.2, -0.15) is 8.42 Å². The molecule has 1 N–H and O–H groups in total. The highest BCUT2D eigenvalue weighted by molar-refractivity contribution is 7.85. The summed E-state index contributed by atoms with van der Waals surface area (Å²) in [4.78, 5) is 28.2. The van der Waals surface area contributed by atoms with E-state index in [2.05, 4.69) is 0 Å². The van der Waals surface area contributed by atoms with Crippen LogP contribution in [0.5, 0.6) is 5.75 Å². The van der Waals surface area contributed by atoms with Crippen LogP contribution in [-0.4, -0.2) is 61.4 Å². The molecule has 2 aromatic carbocycles. The highest BCUT2D eigenvalue weighted by atomic mass is 35.5. The normalized spacial score (nSPS) is 20.1. The Kier molecular flexibility index (Phi) is 9.09. The van der Waals surface area contributed by atoms with Crippen molar-refractivity contribution in [1.82, 2.24) is 4.90 Å². The second-order valence-electron chi connectivity index (χ2n) is 9.30. The van der Waals surface area contributed by atoms with Gasteiger partial charge in [0.05, 0.1) is 18.2 Å². The molecule has 38 heavy (non-hydrogen) atoms. The smallest absolute Gasteiger partial charge is 0.336 e. The SMILES string of the molecule is CC1=C(C(=O)OCc2ccc(OCCS(=O)(=O)O)cc2)C(c2ccc(Cl)cc2)CC(=O)N1CC1CCCO1. The van der Waals surface area contributed by atoms with E-state index in [1.165, 1.54) is 0 Å². The van der Waals surface area contributed by atoms with Crippen LogP contribution in [0.2, 0.25) is 5.02 Å². The van der Waals surface area contributed by atoms with Gasteiger partial charge in [-0.15, -0.1) is 0 Å². The Labute approximate surface area is 227 Å². The molecule has 0 radical (unpaired) electrons. The summed E-state index contributed by atoms with van der Waals surface area (Å²) in [5.74, 6) is -1.14. The Bertz CT molecular complexity index is 1290. The lowest BCUT2D eigenvalue weighted by molar-refractivity contribution is -0.141. The van der Waals surface area contributed by atoms with Crippen molar-refractivity contribution >= 4 is 33.6 Å². The van der Waals surface area contributed by atoms with Gasteiger partial charge in [-0.1, -0.05) is 35.9 Å². The monoisotopic (exact) mass is 563 g/mol. The number of amides is 1. The fourth-order valence-electron chi connectivity index (χ4n) is 4.65. The number of carbonyl (C=O) groups is 2. The van der Waals surface area contributed by atoms with Gasteiger partial charge in [0.15, 0.2) is 0 Å². The summed E-state index contributed by atoms with van der Waals surface area (Å²) in [6.45, 7) is 2.64. The maximum atomic E-state index is 13.4. The van der Waals surface area contributed by atoms with Gasteiger partial charge < -0.3 is 19.1 Å².